The van der Waals surface area contributed by atoms with Crippen LogP contribution in [0.3, 0.4) is 0 Å². The summed E-state index contributed by atoms with van der Waals surface area (Å²) >= 11 is 0. The van der Waals surface area contributed by atoms with E-state index in [0.29, 0.717) is 13.1 Å². The highest BCUT2D eigenvalue weighted by Crippen LogP contribution is 2.27. The van der Waals surface area contributed by atoms with E-state index in [0.717, 1.165) is 38.8 Å². The van der Waals surface area contributed by atoms with Gasteiger partial charge in [-0.3, -0.25) is 0 Å². The first-order valence-electron chi connectivity index (χ1n) is 7.03. The molecule has 2 saturated heterocycles. The number of hydrogen-bond acceptors (Lipinski definition) is 3. The molecule has 0 aromatic rings. The maximum Gasteiger partial charge on any atom is 0.282 e. The van der Waals surface area contributed by atoms with Gasteiger partial charge in [0.1, 0.15) is 0 Å². The maximum atomic E-state index is 12.7. The molecule has 2 aliphatic rings. The Bertz CT molecular complexity index is 354. The summed E-state index contributed by atoms with van der Waals surface area (Å²) in [6, 6.07) is 0.268. The van der Waals surface area contributed by atoms with Crippen LogP contribution in [0, 0.1) is 0 Å². The molecule has 0 amide bonds. The van der Waals surface area contributed by atoms with Crippen molar-refractivity contribution in [3.8, 4) is 0 Å². The Morgan fingerprint density at radius 3 is 2.33 bits per heavy atom. The minimum Gasteiger partial charge on any atom is -0.315 e. The Hall–Kier alpha value is -0.170. The van der Waals surface area contributed by atoms with Crippen molar-refractivity contribution in [3.05, 3.63) is 0 Å². The van der Waals surface area contributed by atoms with E-state index in [9.17, 15) is 8.42 Å². The third-order valence-corrected chi connectivity index (χ3v) is 6.27. The Balaban J connectivity index is 2.17. The van der Waals surface area contributed by atoms with Crippen LogP contribution >= 0.6 is 0 Å². The number of rotatable bonds is 2. The molecule has 106 valence electrons. The Morgan fingerprint density at radius 1 is 1.00 bits per heavy atom. The van der Waals surface area contributed by atoms with Gasteiger partial charge in [0.15, 0.2) is 0 Å². The summed E-state index contributed by atoms with van der Waals surface area (Å²) in [4.78, 5) is 0. The van der Waals surface area contributed by atoms with Crippen LogP contribution in [-0.2, 0) is 10.2 Å². The second kappa shape index (κ2) is 5.86. The fourth-order valence-electron chi connectivity index (χ4n) is 3.04. The quantitative estimate of drug-likeness (QED) is 0.810. The smallest absolute Gasteiger partial charge is 0.282 e. The number of hydrogen-bond donors (Lipinski definition) is 1. The molecule has 0 bridgehead atoms. The zero-order valence-electron chi connectivity index (χ0n) is 11.4. The van der Waals surface area contributed by atoms with Gasteiger partial charge in [0.2, 0.25) is 0 Å². The SMILES string of the molecule is CC1CCCC(C)N1S(=O)(=O)N1CCCNCC1. The average molecular weight is 275 g/mol. The molecule has 18 heavy (non-hydrogen) atoms. The molecule has 2 unspecified atom stereocenters. The van der Waals surface area contributed by atoms with Gasteiger partial charge in [-0.2, -0.15) is 17.0 Å². The van der Waals surface area contributed by atoms with E-state index >= 15 is 0 Å². The normalized spacial score (nSPS) is 33.2. The predicted molar refractivity (Wildman–Crippen MR) is 72.6 cm³/mol. The van der Waals surface area contributed by atoms with Gasteiger partial charge in [0.05, 0.1) is 0 Å². The van der Waals surface area contributed by atoms with Gasteiger partial charge in [-0.15, -0.1) is 0 Å². The van der Waals surface area contributed by atoms with Gasteiger partial charge in [-0.25, -0.2) is 0 Å². The zero-order valence-corrected chi connectivity index (χ0v) is 12.2. The van der Waals surface area contributed by atoms with E-state index in [-0.39, 0.29) is 12.1 Å². The summed E-state index contributed by atoms with van der Waals surface area (Å²) in [6.07, 6.45) is 4.00. The van der Waals surface area contributed by atoms with Gasteiger partial charge in [0.25, 0.3) is 10.2 Å². The first-order chi connectivity index (χ1) is 8.53. The van der Waals surface area contributed by atoms with Crippen LogP contribution in [0.4, 0.5) is 0 Å². The van der Waals surface area contributed by atoms with Gasteiger partial charge >= 0.3 is 0 Å². The van der Waals surface area contributed by atoms with Crippen LogP contribution in [0.5, 0.6) is 0 Å². The summed E-state index contributed by atoms with van der Waals surface area (Å²) in [6.45, 7) is 6.98. The lowest BCUT2D eigenvalue weighted by atomic mass is 10.0. The molecule has 0 radical (unpaired) electrons. The van der Waals surface area contributed by atoms with E-state index in [2.05, 4.69) is 5.32 Å². The molecule has 2 heterocycles. The van der Waals surface area contributed by atoms with Crippen molar-refractivity contribution in [2.24, 2.45) is 0 Å². The van der Waals surface area contributed by atoms with E-state index < -0.39 is 10.2 Å². The molecule has 0 aromatic carbocycles. The first-order valence-corrected chi connectivity index (χ1v) is 8.42. The third-order valence-electron chi connectivity index (χ3n) is 4.00. The Morgan fingerprint density at radius 2 is 1.67 bits per heavy atom. The lowest BCUT2D eigenvalue weighted by Crippen LogP contribution is -2.53. The van der Waals surface area contributed by atoms with Crippen molar-refractivity contribution in [2.45, 2.75) is 51.6 Å². The fraction of sp³-hybridized carbons (Fsp3) is 1.00. The van der Waals surface area contributed by atoms with Crippen LogP contribution in [0.25, 0.3) is 0 Å². The van der Waals surface area contributed by atoms with Crippen LogP contribution in [-0.4, -0.2) is 55.3 Å². The monoisotopic (exact) mass is 275 g/mol. The van der Waals surface area contributed by atoms with Crippen molar-refractivity contribution < 1.29 is 8.42 Å². The summed E-state index contributed by atoms with van der Waals surface area (Å²) in [7, 11) is -3.28. The predicted octanol–water partition coefficient (Wildman–Crippen LogP) is 0.789. The van der Waals surface area contributed by atoms with Gasteiger partial charge in [-0.05, 0) is 39.7 Å². The molecule has 6 heteroatoms. The van der Waals surface area contributed by atoms with Crippen molar-refractivity contribution in [1.29, 1.82) is 0 Å². The van der Waals surface area contributed by atoms with Crippen molar-refractivity contribution in [2.75, 3.05) is 26.2 Å². The van der Waals surface area contributed by atoms with Crippen LogP contribution < -0.4 is 5.32 Å². The minimum atomic E-state index is -3.28. The largest absolute Gasteiger partial charge is 0.315 e. The highest BCUT2D eigenvalue weighted by molar-refractivity contribution is 7.86. The zero-order chi connectivity index (χ0) is 13.2. The highest BCUT2D eigenvalue weighted by atomic mass is 32.2. The molecule has 0 spiro atoms. The molecule has 2 fully saturated rings. The molecular formula is C12H25N3O2S. The van der Waals surface area contributed by atoms with Gasteiger partial charge < -0.3 is 5.32 Å². The summed E-state index contributed by atoms with van der Waals surface area (Å²) in [5, 5.41) is 3.25. The minimum absolute atomic E-state index is 0.134. The van der Waals surface area contributed by atoms with Crippen molar-refractivity contribution in [3.63, 3.8) is 0 Å². The molecule has 0 aromatic heterocycles. The molecule has 5 nitrogen and oxygen atoms in total. The molecule has 2 aliphatic heterocycles. The number of nitrogens with zero attached hydrogens (tertiary/aromatic N) is 2. The average Bonchev–Trinajstić information content (AvgIpc) is 2.57. The van der Waals surface area contributed by atoms with E-state index in [4.69, 9.17) is 0 Å². The van der Waals surface area contributed by atoms with Crippen molar-refractivity contribution in [1.82, 2.24) is 13.9 Å². The second-order valence-corrected chi connectivity index (χ2v) is 7.30. The molecule has 2 rings (SSSR count). The topological polar surface area (TPSA) is 52.7 Å². The second-order valence-electron chi connectivity index (χ2n) is 5.47. The van der Waals surface area contributed by atoms with Gasteiger partial charge in [0, 0.05) is 31.7 Å². The van der Waals surface area contributed by atoms with E-state index in [1.165, 1.54) is 0 Å². The van der Waals surface area contributed by atoms with Gasteiger partial charge in [-0.1, -0.05) is 6.42 Å². The fourth-order valence-corrected chi connectivity index (χ4v) is 5.11. The van der Waals surface area contributed by atoms with Crippen LogP contribution in [0.1, 0.15) is 39.5 Å². The molecule has 2 atom stereocenters. The number of nitrogens with one attached hydrogen (secondary N) is 1. The number of piperidine rings is 1. The third kappa shape index (κ3) is 2.87. The summed E-state index contributed by atoms with van der Waals surface area (Å²) < 4.78 is 28.9. The Kier molecular flexibility index (Phi) is 4.64. The standard InChI is InChI=1S/C12H25N3O2S/c1-11-5-3-6-12(2)15(11)18(16,17)14-9-4-7-13-8-10-14/h11-13H,3-10H2,1-2H3. The van der Waals surface area contributed by atoms with E-state index in [1.54, 1.807) is 8.61 Å². The van der Waals surface area contributed by atoms with Crippen LogP contribution in [0.15, 0.2) is 0 Å². The molecular weight excluding hydrogens is 250 g/mol. The lowest BCUT2D eigenvalue weighted by Gasteiger charge is -2.40. The van der Waals surface area contributed by atoms with Crippen molar-refractivity contribution >= 4 is 10.2 Å². The molecule has 0 saturated carbocycles. The maximum absolute atomic E-state index is 12.7. The highest BCUT2D eigenvalue weighted by Gasteiger charge is 2.38. The molecule has 0 aliphatic carbocycles. The Labute approximate surface area is 111 Å². The molecule has 1 N–H and O–H groups in total. The van der Waals surface area contributed by atoms with Crippen LogP contribution in [0.2, 0.25) is 0 Å². The lowest BCUT2D eigenvalue weighted by molar-refractivity contribution is 0.189. The summed E-state index contributed by atoms with van der Waals surface area (Å²) in [5.41, 5.74) is 0. The summed E-state index contributed by atoms with van der Waals surface area (Å²) in [5.74, 6) is 0. The first kappa shape index (κ1) is 14.2. The van der Waals surface area contributed by atoms with E-state index in [1.807, 2.05) is 13.8 Å².